The molecule has 1 aliphatic heterocycles. The van der Waals surface area contributed by atoms with Gasteiger partial charge in [0.1, 0.15) is 5.78 Å². The number of aryl methyl sites for hydroxylation is 1. The van der Waals surface area contributed by atoms with Gasteiger partial charge in [-0.25, -0.2) is 0 Å². The predicted molar refractivity (Wildman–Crippen MR) is 151 cm³/mol. The van der Waals surface area contributed by atoms with Crippen molar-refractivity contribution < 1.29 is 14.4 Å². The third-order valence-electron chi connectivity index (χ3n) is 7.42. The fourth-order valence-electron chi connectivity index (χ4n) is 5.35. The van der Waals surface area contributed by atoms with Gasteiger partial charge in [0.15, 0.2) is 11.6 Å². The van der Waals surface area contributed by atoms with Crippen LogP contribution in [0.2, 0.25) is 0 Å². The Hall–Kier alpha value is -3.67. The summed E-state index contributed by atoms with van der Waals surface area (Å²) in [4.78, 5) is 42.5. The van der Waals surface area contributed by atoms with Crippen molar-refractivity contribution in [2.24, 2.45) is 0 Å². The molecule has 2 aromatic rings. The van der Waals surface area contributed by atoms with Crippen molar-refractivity contribution in [2.45, 2.75) is 77.0 Å². The summed E-state index contributed by atoms with van der Waals surface area (Å²) in [5, 5.41) is 11.7. The number of nitrogens with one attached hydrogen (secondary N) is 2. The zero-order valence-electron chi connectivity index (χ0n) is 22.2. The summed E-state index contributed by atoms with van der Waals surface area (Å²) < 4.78 is 0. The summed E-state index contributed by atoms with van der Waals surface area (Å²) in [5.74, 6) is 0.0774. The smallest absolute Gasteiger partial charge is 0.164 e. The Labute approximate surface area is 225 Å². The first-order chi connectivity index (χ1) is 18.4. The summed E-state index contributed by atoms with van der Waals surface area (Å²) in [7, 11) is 0. The van der Waals surface area contributed by atoms with Gasteiger partial charge in [0, 0.05) is 67.0 Å². The lowest BCUT2D eigenvalue weighted by atomic mass is 9.81. The first-order valence-electron chi connectivity index (χ1n) is 13.7. The van der Waals surface area contributed by atoms with E-state index >= 15 is 0 Å². The van der Waals surface area contributed by atoms with Gasteiger partial charge in [-0.05, 0) is 73.4 Å². The lowest BCUT2D eigenvalue weighted by Crippen LogP contribution is -2.19. The quantitative estimate of drug-likeness (QED) is 0.375. The fourth-order valence-corrected chi connectivity index (χ4v) is 5.35. The highest BCUT2D eigenvalue weighted by molar-refractivity contribution is 6.13. The topological polar surface area (TPSA) is 100.0 Å². The van der Waals surface area contributed by atoms with Crippen LogP contribution in [0.4, 0.5) is 5.69 Å². The molecular weight excluding hydrogens is 474 g/mol. The van der Waals surface area contributed by atoms with Crippen molar-refractivity contribution in [1.29, 1.82) is 5.41 Å². The van der Waals surface area contributed by atoms with Crippen LogP contribution in [-0.4, -0.2) is 34.6 Å². The molecule has 4 rings (SSSR count). The molecule has 198 valence electrons. The zero-order chi connectivity index (χ0) is 26.9. The van der Waals surface area contributed by atoms with Crippen LogP contribution < -0.4 is 5.32 Å². The van der Waals surface area contributed by atoms with E-state index in [1.165, 1.54) is 0 Å². The number of carbonyl (C=O) groups is 3. The predicted octanol–water partition coefficient (Wildman–Crippen LogP) is 6.11. The number of carbonyl (C=O) groups excluding carboxylic acids is 3. The maximum atomic E-state index is 13.1. The number of nitrogens with zero attached hydrogens (tertiary/aromatic N) is 1. The SMILES string of the molecule is CC/C1=C\Cc2cc(CCC(=O)CC(=N)CC(=O)C3=CCCCC3c3ccccn3)ccc2NCCC1=O. The van der Waals surface area contributed by atoms with Gasteiger partial charge in [0.2, 0.25) is 0 Å². The van der Waals surface area contributed by atoms with Crippen molar-refractivity contribution >= 4 is 28.7 Å². The molecule has 38 heavy (non-hydrogen) atoms. The Bertz CT molecular complexity index is 1260. The molecule has 0 saturated heterocycles. The second-order valence-electron chi connectivity index (χ2n) is 10.2. The molecule has 2 heterocycles. The maximum Gasteiger partial charge on any atom is 0.164 e. The minimum Gasteiger partial charge on any atom is -0.384 e. The lowest BCUT2D eigenvalue weighted by Gasteiger charge is -2.23. The Kier molecular flexibility index (Phi) is 9.52. The summed E-state index contributed by atoms with van der Waals surface area (Å²) in [6, 6.07) is 11.9. The second kappa shape index (κ2) is 13.2. The summed E-state index contributed by atoms with van der Waals surface area (Å²) >= 11 is 0. The molecule has 0 radical (unpaired) electrons. The van der Waals surface area contributed by atoms with E-state index in [1.54, 1.807) is 6.20 Å². The maximum absolute atomic E-state index is 13.1. The molecular formula is C32H37N3O3. The summed E-state index contributed by atoms with van der Waals surface area (Å²) in [6.45, 7) is 2.62. The number of fused-ring (bicyclic) bond motifs is 1. The summed E-state index contributed by atoms with van der Waals surface area (Å²) in [5.41, 5.74) is 5.89. The molecule has 0 amide bonds. The molecule has 2 N–H and O–H groups in total. The molecule has 1 aromatic carbocycles. The van der Waals surface area contributed by atoms with Crippen molar-refractivity contribution in [3.8, 4) is 0 Å². The van der Waals surface area contributed by atoms with Crippen molar-refractivity contribution in [1.82, 2.24) is 4.98 Å². The van der Waals surface area contributed by atoms with E-state index in [0.29, 0.717) is 32.2 Å². The number of aromatic nitrogens is 1. The molecule has 0 fully saturated rings. The largest absolute Gasteiger partial charge is 0.384 e. The van der Waals surface area contributed by atoms with Crippen molar-refractivity contribution in [3.63, 3.8) is 0 Å². The first-order valence-corrected chi connectivity index (χ1v) is 13.7. The number of benzene rings is 1. The number of anilines is 1. The molecule has 1 aromatic heterocycles. The van der Waals surface area contributed by atoms with E-state index in [0.717, 1.165) is 59.3 Å². The molecule has 6 nitrogen and oxygen atoms in total. The van der Waals surface area contributed by atoms with Crippen LogP contribution in [0.5, 0.6) is 0 Å². The van der Waals surface area contributed by atoms with Crippen LogP contribution in [0.15, 0.2) is 65.9 Å². The van der Waals surface area contributed by atoms with Gasteiger partial charge < -0.3 is 10.7 Å². The van der Waals surface area contributed by atoms with Crippen LogP contribution in [0.25, 0.3) is 0 Å². The van der Waals surface area contributed by atoms with E-state index in [1.807, 2.05) is 49.4 Å². The van der Waals surface area contributed by atoms with Gasteiger partial charge in [-0.1, -0.05) is 37.3 Å². The van der Waals surface area contributed by atoms with E-state index < -0.39 is 0 Å². The van der Waals surface area contributed by atoms with Crippen LogP contribution in [0, 0.1) is 5.41 Å². The molecule has 1 atom stereocenters. The molecule has 0 spiro atoms. The second-order valence-corrected chi connectivity index (χ2v) is 10.2. The highest BCUT2D eigenvalue weighted by Gasteiger charge is 2.26. The minimum absolute atomic E-state index is 0.00444. The Morgan fingerprint density at radius 2 is 2.00 bits per heavy atom. The third kappa shape index (κ3) is 7.21. The third-order valence-corrected chi connectivity index (χ3v) is 7.42. The average Bonchev–Trinajstić information content (AvgIpc) is 3.00. The molecule has 6 heteroatoms. The minimum atomic E-state index is -0.0683. The highest BCUT2D eigenvalue weighted by atomic mass is 16.1. The van der Waals surface area contributed by atoms with Crippen LogP contribution in [0.1, 0.15) is 81.0 Å². The highest BCUT2D eigenvalue weighted by Crippen LogP contribution is 2.34. The van der Waals surface area contributed by atoms with E-state index in [9.17, 15) is 14.4 Å². The van der Waals surface area contributed by atoms with Crippen LogP contribution in [-0.2, 0) is 27.2 Å². The van der Waals surface area contributed by atoms with E-state index in [4.69, 9.17) is 5.41 Å². The molecule has 0 saturated carbocycles. The number of allylic oxidation sites excluding steroid dienone is 4. The molecule has 1 aliphatic carbocycles. The van der Waals surface area contributed by atoms with Gasteiger partial charge >= 0.3 is 0 Å². The molecule has 0 bridgehead atoms. The summed E-state index contributed by atoms with van der Waals surface area (Å²) in [6.07, 6.45) is 11.3. The molecule has 2 aliphatic rings. The van der Waals surface area contributed by atoms with Gasteiger partial charge in [-0.3, -0.25) is 19.4 Å². The fraction of sp³-hybridized carbons (Fsp3) is 0.406. The normalized spacial score (nSPS) is 19.0. The Morgan fingerprint density at radius 1 is 1.13 bits per heavy atom. The monoisotopic (exact) mass is 511 g/mol. The number of Topliss-reactive ketones (excluding diaryl/α,β-unsaturated/α-hetero) is 3. The standard InChI is InChI=1S/C32H37N3O3/c1-2-23-12-13-24-19-22(11-15-29(24)35-18-16-31(23)37)10-14-26(36)20-25(33)21-32(38)28-8-4-3-7-27(28)30-9-5-6-17-34-30/h5-6,8-9,11-12,15,17,19,27,33,35H,2-4,7,10,13-14,16,18,20-21H2,1H3/b23-12+,33-25?. The first kappa shape index (κ1) is 27.4. The van der Waals surface area contributed by atoms with E-state index in [-0.39, 0.29) is 41.8 Å². The van der Waals surface area contributed by atoms with Gasteiger partial charge in [-0.2, -0.15) is 0 Å². The Balaban J connectivity index is 1.31. The zero-order valence-corrected chi connectivity index (χ0v) is 22.2. The number of hydrogen-bond donors (Lipinski definition) is 2. The number of rotatable bonds is 10. The van der Waals surface area contributed by atoms with Crippen LogP contribution in [0.3, 0.4) is 0 Å². The lowest BCUT2D eigenvalue weighted by molar-refractivity contribution is -0.118. The van der Waals surface area contributed by atoms with Crippen molar-refractivity contribution in [2.75, 3.05) is 11.9 Å². The molecule has 1 unspecified atom stereocenters. The number of hydrogen-bond acceptors (Lipinski definition) is 6. The van der Waals surface area contributed by atoms with Crippen molar-refractivity contribution in [3.05, 3.63) is 82.7 Å². The van der Waals surface area contributed by atoms with Crippen LogP contribution >= 0.6 is 0 Å². The van der Waals surface area contributed by atoms with E-state index in [2.05, 4.69) is 16.4 Å². The van der Waals surface area contributed by atoms with Gasteiger partial charge in [0.05, 0.1) is 0 Å². The average molecular weight is 512 g/mol. The number of pyridine rings is 1. The Morgan fingerprint density at radius 3 is 2.79 bits per heavy atom. The number of ketones is 3. The van der Waals surface area contributed by atoms with Gasteiger partial charge in [-0.15, -0.1) is 0 Å². The van der Waals surface area contributed by atoms with Gasteiger partial charge in [0.25, 0.3) is 0 Å².